The Labute approximate surface area is 693 Å². The number of nitrogens with one attached hydrogen (secondary N) is 2. The predicted molar refractivity (Wildman–Crippen MR) is 470 cm³/mol. The van der Waals surface area contributed by atoms with E-state index in [1.54, 1.807) is 12.1 Å². The van der Waals surface area contributed by atoms with E-state index in [2.05, 4.69) is 97.6 Å². The molecule has 4 aromatic rings. The SMILES string of the molecule is CN1CCN(CCCN=c2cc3c(=O)n(CCCN4CCOCC4)c(=O)c4c(NCCCN5CCN(C)CC5)cc5c(O)n(CCCN6CCCCC6)c(=O)c2c5c4-3)CC1.CN1CCN(CCN=c2cc3c(=O)n(CCCN4CCOCC4)c(=O)c4c(NCCN5CCN(C)CC5)cc5c(O)n(CCCN6CCCCC6)c(=O)c2c5c4-3)CC1. The summed E-state index contributed by atoms with van der Waals surface area (Å²) in [6, 6.07) is 7.24. The zero-order valence-electron chi connectivity index (χ0n) is 71.1. The molecule has 30 heteroatoms. The minimum atomic E-state index is -0.377. The molecule has 30 nitrogen and oxygen atoms in total. The third-order valence-corrected chi connectivity index (χ3v) is 26.8. The van der Waals surface area contributed by atoms with Gasteiger partial charge in [0.05, 0.1) is 76.4 Å². The van der Waals surface area contributed by atoms with Crippen LogP contribution in [-0.2, 0) is 35.7 Å². The number of likely N-dealkylation sites (N-methyl/N-ethyl adjacent to an activating group) is 4. The van der Waals surface area contributed by atoms with Gasteiger partial charge in [0.1, 0.15) is 0 Å². The van der Waals surface area contributed by atoms with E-state index in [0.717, 1.165) is 229 Å². The first-order chi connectivity index (χ1) is 57.5. The van der Waals surface area contributed by atoms with Crippen LogP contribution in [0.3, 0.4) is 0 Å². The number of benzene rings is 4. The quantitative estimate of drug-likeness (QED) is 0.0348. The summed E-state index contributed by atoms with van der Waals surface area (Å²) in [5.74, 6) is -0.248. The van der Waals surface area contributed by atoms with Gasteiger partial charge >= 0.3 is 0 Å². The number of hydrogen-bond acceptors (Lipinski definition) is 26. The van der Waals surface area contributed by atoms with Crippen molar-refractivity contribution in [2.75, 3.05) is 301 Å². The summed E-state index contributed by atoms with van der Waals surface area (Å²) in [6.45, 7) is 36.4. The average molecular weight is 1630 g/mol. The normalized spacial score (nSPS) is 20.5. The van der Waals surface area contributed by atoms with E-state index in [1.165, 1.54) is 56.8 Å². The van der Waals surface area contributed by atoms with Crippen LogP contribution in [0.5, 0.6) is 11.8 Å². The van der Waals surface area contributed by atoms with Crippen LogP contribution < -0.4 is 54.7 Å². The fourth-order valence-corrected chi connectivity index (χ4v) is 19.4. The number of hydrogen-bond donors (Lipinski definition) is 4. The minimum Gasteiger partial charge on any atom is -0.494 e. The minimum absolute atomic E-state index is 0.121. The number of likely N-dealkylation sites (tertiary alicyclic amines) is 2. The Morgan fingerprint density at radius 3 is 1.03 bits per heavy atom. The third-order valence-electron chi connectivity index (χ3n) is 26.8. The maximum Gasteiger partial charge on any atom is 0.263 e. The summed E-state index contributed by atoms with van der Waals surface area (Å²) in [4.78, 5) is 127. The highest BCUT2D eigenvalue weighted by molar-refractivity contribution is 6.20. The molecule has 12 aliphatic rings. The second-order valence-corrected chi connectivity index (χ2v) is 34.9. The van der Waals surface area contributed by atoms with Crippen molar-refractivity contribution in [1.29, 1.82) is 0 Å². The van der Waals surface area contributed by atoms with E-state index in [4.69, 9.17) is 19.5 Å². The molecule has 118 heavy (non-hydrogen) atoms. The Bertz CT molecular complexity index is 5060. The Morgan fingerprint density at radius 2 is 0.627 bits per heavy atom. The highest BCUT2D eigenvalue weighted by Gasteiger charge is 2.33. The van der Waals surface area contributed by atoms with Crippen LogP contribution in [0.4, 0.5) is 11.4 Å². The first-order valence-electron chi connectivity index (χ1n) is 44.9. The third kappa shape index (κ3) is 20.0. The second kappa shape index (κ2) is 40.5. The van der Waals surface area contributed by atoms with Crippen LogP contribution in [0.1, 0.15) is 77.0 Å². The number of ether oxygens (including phenoxy) is 2. The van der Waals surface area contributed by atoms with Crippen molar-refractivity contribution in [1.82, 2.24) is 77.1 Å². The lowest BCUT2D eigenvalue weighted by Gasteiger charge is -2.32. The molecule has 0 amide bonds. The van der Waals surface area contributed by atoms with E-state index in [0.29, 0.717) is 172 Å². The lowest BCUT2D eigenvalue weighted by atomic mass is 9.89. The molecule has 10 aliphatic heterocycles. The van der Waals surface area contributed by atoms with Crippen molar-refractivity contribution >= 4 is 54.5 Å². The Balaban J connectivity index is 0.000000185. The van der Waals surface area contributed by atoms with Gasteiger partial charge in [-0.3, -0.25) is 76.6 Å². The largest absolute Gasteiger partial charge is 0.494 e. The summed E-state index contributed by atoms with van der Waals surface area (Å²) in [5.41, 5.74) is 0.664. The van der Waals surface area contributed by atoms with Gasteiger partial charge in [0.2, 0.25) is 11.8 Å². The number of nitrogens with zero attached hydrogens (tertiary/aromatic N) is 18. The molecule has 2 aromatic carbocycles. The molecule has 0 unspecified atom stereocenters. The maximum atomic E-state index is 14.8. The highest BCUT2D eigenvalue weighted by atomic mass is 16.5. The smallest absolute Gasteiger partial charge is 0.263 e. The molecule has 0 spiro atoms. The van der Waals surface area contributed by atoms with Crippen molar-refractivity contribution in [3.05, 3.63) is 97.1 Å². The van der Waals surface area contributed by atoms with E-state index >= 15 is 0 Å². The van der Waals surface area contributed by atoms with Crippen LogP contribution in [-0.4, -0.2) is 378 Å². The van der Waals surface area contributed by atoms with Gasteiger partial charge in [0, 0.05) is 247 Å². The highest BCUT2D eigenvalue weighted by Crippen LogP contribution is 2.43. The van der Waals surface area contributed by atoms with Crippen LogP contribution >= 0.6 is 0 Å². The van der Waals surface area contributed by atoms with Crippen molar-refractivity contribution in [3.8, 4) is 34.0 Å². The lowest BCUT2D eigenvalue weighted by molar-refractivity contribution is 0.0368. The summed E-state index contributed by atoms with van der Waals surface area (Å²) >= 11 is 0. The molecule has 644 valence electrons. The van der Waals surface area contributed by atoms with Crippen LogP contribution in [0, 0.1) is 0 Å². The van der Waals surface area contributed by atoms with E-state index in [9.17, 15) is 39.0 Å². The molecule has 8 fully saturated rings. The average Bonchev–Trinajstić information content (AvgIpc) is 0.704. The van der Waals surface area contributed by atoms with Crippen molar-refractivity contribution in [2.45, 2.75) is 103 Å². The standard InChI is InChI=1S/C45H68N10O5.C43H64N10O5/c1-48-20-24-51(25-21-48)14-6-10-46-36-33-35-39-38-34(42(56)54(44(58)40(36)38)18-8-16-50-12-4-3-5-13-50)32-37(47-11-7-15-52-26-22-49(2)23-27-52)41(39)45(59)55(43(35)57)19-9-17-53-28-30-60-31-29-53;1-46-18-22-50(23-19-46)16-8-44-34-31-33-37-36-32(40(54)52(42(56)38(34)36)14-6-12-48-10-4-3-5-11-48)30-35(45-9-17-51-24-20-47(2)21-25-51)39(37)43(57)53(41(33)55)15-7-13-49-26-28-58-29-27-49/h32-33,47,56H,3-31H2,1-2H3;30-31,45,54H,3-29H2,1-2H3. The van der Waals surface area contributed by atoms with Gasteiger partial charge in [-0.05, 0) is 169 Å². The van der Waals surface area contributed by atoms with E-state index in [1.807, 2.05) is 12.1 Å². The Morgan fingerprint density at radius 1 is 0.305 bits per heavy atom. The zero-order valence-corrected chi connectivity index (χ0v) is 71.1. The summed E-state index contributed by atoms with van der Waals surface area (Å²) in [5, 5.41) is 35.7. The molecule has 2 aromatic heterocycles. The fourth-order valence-electron chi connectivity index (χ4n) is 19.4. The first kappa shape index (κ1) is 85.6. The molecular formula is C88H132N20O10. The van der Waals surface area contributed by atoms with Crippen molar-refractivity contribution < 1.29 is 19.7 Å². The van der Waals surface area contributed by atoms with Crippen molar-refractivity contribution in [2.24, 2.45) is 9.98 Å². The molecule has 2 aliphatic carbocycles. The number of pyridine rings is 4. The zero-order chi connectivity index (χ0) is 81.8. The summed E-state index contributed by atoms with van der Waals surface area (Å²) < 4.78 is 16.9. The second-order valence-electron chi connectivity index (χ2n) is 34.9. The van der Waals surface area contributed by atoms with Crippen molar-refractivity contribution in [3.63, 3.8) is 0 Å². The van der Waals surface area contributed by atoms with Gasteiger partial charge in [-0.1, -0.05) is 12.8 Å². The molecule has 12 heterocycles. The fraction of sp³-hybridized carbons (Fsp3) is 0.682. The van der Waals surface area contributed by atoms with Gasteiger partial charge < -0.3 is 69.5 Å². The molecule has 16 rings (SSSR count). The molecule has 0 bridgehead atoms. The topological polar surface area (TPSA) is 269 Å². The molecule has 0 atom stereocenters. The van der Waals surface area contributed by atoms with Gasteiger partial charge in [0.25, 0.3) is 33.4 Å². The molecule has 0 radical (unpaired) electrons. The number of anilines is 2. The van der Waals surface area contributed by atoms with Gasteiger partial charge in [-0.25, -0.2) is 0 Å². The predicted octanol–water partition coefficient (Wildman–Crippen LogP) is 2.32. The molecule has 8 saturated heterocycles. The molecular weight excluding hydrogens is 1500 g/mol. The number of rotatable bonds is 32. The molecule has 4 N–H and O–H groups in total. The monoisotopic (exact) mass is 1630 g/mol. The maximum absolute atomic E-state index is 14.8. The van der Waals surface area contributed by atoms with Gasteiger partial charge in [-0.15, -0.1) is 0 Å². The summed E-state index contributed by atoms with van der Waals surface area (Å²) in [6.07, 6.45) is 11.7. The number of aromatic hydroxyl groups is 2. The lowest BCUT2D eigenvalue weighted by Crippen LogP contribution is -2.45. The summed E-state index contributed by atoms with van der Waals surface area (Å²) in [7, 11) is 8.59. The van der Waals surface area contributed by atoms with Gasteiger partial charge in [-0.2, -0.15) is 0 Å². The number of piperidine rings is 2. The molecule has 0 saturated carbocycles. The van der Waals surface area contributed by atoms with E-state index < -0.39 is 0 Å². The van der Waals surface area contributed by atoms with Crippen LogP contribution in [0.2, 0.25) is 0 Å². The van der Waals surface area contributed by atoms with Crippen LogP contribution in [0.25, 0.3) is 65.3 Å². The Kier molecular flexibility index (Phi) is 29.4. The number of piperazine rings is 4. The Hall–Kier alpha value is -7.40. The number of morpholine rings is 2. The van der Waals surface area contributed by atoms with Crippen LogP contribution in [0.15, 0.2) is 63.0 Å². The first-order valence-corrected chi connectivity index (χ1v) is 44.9. The number of aromatic nitrogens is 4. The van der Waals surface area contributed by atoms with E-state index in [-0.39, 0.29) is 58.2 Å². The van der Waals surface area contributed by atoms with Gasteiger partial charge in [0.15, 0.2) is 0 Å².